The van der Waals surface area contributed by atoms with Gasteiger partial charge in [-0.1, -0.05) is 11.6 Å². The second-order valence-electron chi connectivity index (χ2n) is 2.11. The molecule has 64 valence electrons. The summed E-state index contributed by atoms with van der Waals surface area (Å²) < 4.78 is 13.2. The van der Waals surface area contributed by atoms with Gasteiger partial charge in [-0.3, -0.25) is 4.79 Å². The van der Waals surface area contributed by atoms with E-state index in [4.69, 9.17) is 17.3 Å². The van der Waals surface area contributed by atoms with E-state index in [2.05, 4.69) is 0 Å². The summed E-state index contributed by atoms with van der Waals surface area (Å²) in [5.74, 6) is -1.16. The first kappa shape index (κ1) is 9.73. The lowest BCUT2D eigenvalue weighted by Gasteiger charge is -2.00. The molecule has 0 aliphatic heterocycles. The number of primary amides is 1. The zero-order valence-electron chi connectivity index (χ0n) is 5.77. The molecule has 12 heavy (non-hydrogen) atoms. The number of halogens is 3. The summed E-state index contributed by atoms with van der Waals surface area (Å²) >= 11 is 7.26. The van der Waals surface area contributed by atoms with Crippen molar-refractivity contribution in [2.24, 2.45) is 5.73 Å². The number of amides is 1. The molecule has 0 atom stereocenters. The van der Waals surface area contributed by atoms with E-state index in [1.807, 2.05) is 22.6 Å². The van der Waals surface area contributed by atoms with Gasteiger partial charge in [0.15, 0.2) is 0 Å². The Kier molecular flexibility index (Phi) is 2.89. The average Bonchev–Trinajstić information content (AvgIpc) is 1.96. The van der Waals surface area contributed by atoms with Crippen LogP contribution in [0.5, 0.6) is 0 Å². The largest absolute Gasteiger partial charge is 0.366 e. The summed E-state index contributed by atoms with van der Waals surface area (Å²) in [6.07, 6.45) is 0. The molecule has 0 fully saturated rings. The van der Waals surface area contributed by atoms with E-state index in [-0.39, 0.29) is 10.6 Å². The normalized spacial score (nSPS) is 9.92. The molecule has 0 saturated carbocycles. The lowest BCUT2D eigenvalue weighted by molar-refractivity contribution is 0.0999. The van der Waals surface area contributed by atoms with Gasteiger partial charge in [0.1, 0.15) is 5.82 Å². The maximum atomic E-state index is 12.7. The van der Waals surface area contributed by atoms with Crippen molar-refractivity contribution in [2.45, 2.75) is 0 Å². The number of carbonyl (C=O) groups excluding carboxylic acids is 1. The molecule has 2 N–H and O–H groups in total. The Labute approximate surface area is 87.0 Å². The van der Waals surface area contributed by atoms with Crippen LogP contribution in [0.15, 0.2) is 12.1 Å². The first-order chi connectivity index (χ1) is 5.52. The van der Waals surface area contributed by atoms with Gasteiger partial charge in [-0.2, -0.15) is 0 Å². The van der Waals surface area contributed by atoms with E-state index in [9.17, 15) is 9.18 Å². The van der Waals surface area contributed by atoms with Crippen LogP contribution >= 0.6 is 34.2 Å². The van der Waals surface area contributed by atoms with Crippen molar-refractivity contribution in [3.8, 4) is 0 Å². The average molecular weight is 299 g/mol. The minimum Gasteiger partial charge on any atom is -0.366 e. The first-order valence-electron chi connectivity index (χ1n) is 2.96. The summed E-state index contributed by atoms with van der Waals surface area (Å²) in [5.41, 5.74) is 5.25. The Morgan fingerprint density at radius 2 is 2.17 bits per heavy atom. The summed E-state index contributed by atoms with van der Waals surface area (Å²) in [6.45, 7) is 0. The highest BCUT2D eigenvalue weighted by Crippen LogP contribution is 2.21. The van der Waals surface area contributed by atoms with Gasteiger partial charge in [0.25, 0.3) is 0 Å². The van der Waals surface area contributed by atoms with Crippen LogP contribution in [0.1, 0.15) is 10.4 Å². The van der Waals surface area contributed by atoms with E-state index >= 15 is 0 Å². The molecule has 0 aromatic heterocycles. The van der Waals surface area contributed by atoms with E-state index < -0.39 is 11.7 Å². The summed E-state index contributed by atoms with van der Waals surface area (Å²) in [5, 5.41) is -0.0933. The number of benzene rings is 1. The maximum absolute atomic E-state index is 12.7. The molecule has 5 heteroatoms. The van der Waals surface area contributed by atoms with Gasteiger partial charge >= 0.3 is 0 Å². The summed E-state index contributed by atoms with van der Waals surface area (Å²) in [7, 11) is 0. The predicted molar refractivity (Wildman–Crippen MR) is 52.6 cm³/mol. The molecule has 0 aliphatic carbocycles. The third kappa shape index (κ3) is 1.87. The van der Waals surface area contributed by atoms with Gasteiger partial charge in [-0.15, -0.1) is 0 Å². The van der Waals surface area contributed by atoms with Crippen LogP contribution in [0, 0.1) is 9.39 Å². The Hall–Kier alpha value is -0.360. The molecular weight excluding hydrogens is 295 g/mol. The second kappa shape index (κ2) is 3.57. The van der Waals surface area contributed by atoms with Crippen LogP contribution in [0.4, 0.5) is 4.39 Å². The van der Waals surface area contributed by atoms with Gasteiger partial charge in [0.2, 0.25) is 5.91 Å². The highest BCUT2D eigenvalue weighted by molar-refractivity contribution is 14.1. The third-order valence-corrected chi connectivity index (χ3v) is 2.46. The fourth-order valence-corrected chi connectivity index (χ4v) is 1.57. The van der Waals surface area contributed by atoms with Crippen molar-refractivity contribution in [1.82, 2.24) is 0 Å². The van der Waals surface area contributed by atoms with E-state index in [1.54, 1.807) is 0 Å². The van der Waals surface area contributed by atoms with Crippen molar-refractivity contribution in [1.29, 1.82) is 0 Å². The van der Waals surface area contributed by atoms with Crippen LogP contribution < -0.4 is 5.73 Å². The number of hydrogen-bond donors (Lipinski definition) is 1. The molecule has 1 aromatic rings. The van der Waals surface area contributed by atoms with Crippen LogP contribution in [0.3, 0.4) is 0 Å². The SMILES string of the molecule is NC(=O)c1cc(Cl)c(F)cc1I. The van der Waals surface area contributed by atoms with Gasteiger partial charge in [-0.25, -0.2) is 4.39 Å². The highest BCUT2D eigenvalue weighted by atomic mass is 127. The Bertz CT molecular complexity index is 342. The number of nitrogens with two attached hydrogens (primary N) is 1. The fraction of sp³-hybridized carbons (Fsp3) is 0. The molecule has 0 aliphatic rings. The molecular formula is C7H4ClFINO. The van der Waals surface area contributed by atoms with Gasteiger partial charge in [-0.05, 0) is 34.7 Å². The smallest absolute Gasteiger partial charge is 0.249 e. The third-order valence-electron chi connectivity index (χ3n) is 1.28. The number of rotatable bonds is 1. The Balaban J connectivity index is 3.33. The molecule has 1 rings (SSSR count). The zero-order valence-corrected chi connectivity index (χ0v) is 8.69. The molecule has 0 saturated heterocycles. The van der Waals surface area contributed by atoms with Crippen LogP contribution in [-0.2, 0) is 0 Å². The second-order valence-corrected chi connectivity index (χ2v) is 3.68. The fourth-order valence-electron chi connectivity index (χ4n) is 0.711. The van der Waals surface area contributed by atoms with E-state index in [1.165, 1.54) is 12.1 Å². The molecule has 0 spiro atoms. The Morgan fingerprint density at radius 1 is 1.58 bits per heavy atom. The molecule has 1 amide bonds. The molecule has 2 nitrogen and oxygen atoms in total. The van der Waals surface area contributed by atoms with Gasteiger partial charge in [0.05, 0.1) is 10.6 Å². The number of hydrogen-bond acceptors (Lipinski definition) is 1. The minimum absolute atomic E-state index is 0.0933. The predicted octanol–water partition coefficient (Wildman–Crippen LogP) is 2.18. The van der Waals surface area contributed by atoms with Crippen LogP contribution in [-0.4, -0.2) is 5.91 Å². The number of carbonyl (C=O) groups is 1. The minimum atomic E-state index is -0.610. The van der Waals surface area contributed by atoms with Crippen molar-refractivity contribution >= 4 is 40.1 Å². The van der Waals surface area contributed by atoms with Gasteiger partial charge < -0.3 is 5.73 Å². The molecule has 1 aromatic carbocycles. The molecule has 0 unspecified atom stereocenters. The van der Waals surface area contributed by atoms with E-state index in [0.29, 0.717) is 3.57 Å². The quantitative estimate of drug-likeness (QED) is 0.627. The van der Waals surface area contributed by atoms with Crippen molar-refractivity contribution < 1.29 is 9.18 Å². The van der Waals surface area contributed by atoms with Crippen molar-refractivity contribution in [3.63, 3.8) is 0 Å². The van der Waals surface area contributed by atoms with E-state index in [0.717, 1.165) is 0 Å². The summed E-state index contributed by atoms with van der Waals surface area (Å²) in [4.78, 5) is 10.7. The van der Waals surface area contributed by atoms with Gasteiger partial charge in [0, 0.05) is 3.57 Å². The molecule has 0 bridgehead atoms. The van der Waals surface area contributed by atoms with Crippen LogP contribution in [0.2, 0.25) is 5.02 Å². The molecule has 0 radical (unpaired) electrons. The highest BCUT2D eigenvalue weighted by Gasteiger charge is 2.10. The monoisotopic (exact) mass is 299 g/mol. The summed E-state index contributed by atoms with van der Waals surface area (Å²) in [6, 6.07) is 2.39. The lowest BCUT2D eigenvalue weighted by atomic mass is 10.2. The zero-order chi connectivity index (χ0) is 9.30. The lowest BCUT2D eigenvalue weighted by Crippen LogP contribution is -2.12. The standard InChI is InChI=1S/C7H4ClFINO/c8-4-1-3(7(11)12)6(10)2-5(4)9/h1-2H,(H2,11,12). The van der Waals surface area contributed by atoms with Crippen molar-refractivity contribution in [3.05, 3.63) is 32.1 Å². The van der Waals surface area contributed by atoms with Crippen molar-refractivity contribution in [2.75, 3.05) is 0 Å². The van der Waals surface area contributed by atoms with Crippen LogP contribution in [0.25, 0.3) is 0 Å². The molecule has 0 heterocycles. The maximum Gasteiger partial charge on any atom is 0.249 e. The Morgan fingerprint density at radius 3 is 2.67 bits per heavy atom. The topological polar surface area (TPSA) is 43.1 Å². The first-order valence-corrected chi connectivity index (χ1v) is 4.42.